The zero-order valence-electron chi connectivity index (χ0n) is 15.0. The Bertz CT molecular complexity index is 529. The van der Waals surface area contributed by atoms with Gasteiger partial charge >= 0.3 is 0 Å². The summed E-state index contributed by atoms with van der Waals surface area (Å²) in [5.74, 6) is 1.66. The molecular formula is C20H31NO3. The van der Waals surface area contributed by atoms with Crippen LogP contribution in [0.4, 0.5) is 0 Å². The fourth-order valence-electron chi connectivity index (χ4n) is 4.34. The van der Waals surface area contributed by atoms with Crippen LogP contribution in [-0.2, 0) is 11.3 Å². The molecule has 2 saturated heterocycles. The summed E-state index contributed by atoms with van der Waals surface area (Å²) in [5.41, 5.74) is 0.711. The number of aliphatic hydroxyl groups is 1. The molecule has 0 bridgehead atoms. The lowest BCUT2D eigenvalue weighted by Gasteiger charge is -2.48. The van der Waals surface area contributed by atoms with E-state index in [1.54, 1.807) is 0 Å². The van der Waals surface area contributed by atoms with Gasteiger partial charge in [0.15, 0.2) is 0 Å². The van der Waals surface area contributed by atoms with Gasteiger partial charge in [0.05, 0.1) is 12.2 Å². The Kier molecular flexibility index (Phi) is 5.80. The van der Waals surface area contributed by atoms with Crippen LogP contribution < -0.4 is 4.74 Å². The summed E-state index contributed by atoms with van der Waals surface area (Å²) < 4.78 is 11.2. The van der Waals surface area contributed by atoms with E-state index in [-0.39, 0.29) is 5.92 Å². The SMILES string of the molecule is CCOc1ccccc1CN1CC[C@@](O)(C2CCOCC2)[C@H](C)C1. The van der Waals surface area contributed by atoms with Crippen molar-refractivity contribution in [3.63, 3.8) is 0 Å². The Morgan fingerprint density at radius 2 is 2.04 bits per heavy atom. The lowest BCUT2D eigenvalue weighted by atomic mass is 9.70. The first kappa shape index (κ1) is 17.7. The Labute approximate surface area is 145 Å². The maximum atomic E-state index is 11.3. The van der Waals surface area contributed by atoms with Crippen molar-refractivity contribution < 1.29 is 14.6 Å². The predicted molar refractivity (Wildman–Crippen MR) is 95.2 cm³/mol. The number of hydrogen-bond donors (Lipinski definition) is 1. The molecule has 0 aromatic heterocycles. The van der Waals surface area contributed by atoms with E-state index in [0.717, 1.165) is 57.9 Å². The average molecular weight is 333 g/mol. The molecule has 4 heteroatoms. The minimum absolute atomic E-state index is 0.286. The number of likely N-dealkylation sites (tertiary alicyclic amines) is 1. The van der Waals surface area contributed by atoms with Gasteiger partial charge in [0.25, 0.3) is 0 Å². The lowest BCUT2D eigenvalue weighted by Crippen LogP contribution is -2.55. The summed E-state index contributed by atoms with van der Waals surface area (Å²) in [7, 11) is 0. The third kappa shape index (κ3) is 3.76. The highest BCUT2D eigenvalue weighted by Gasteiger charge is 2.45. The van der Waals surface area contributed by atoms with Gasteiger partial charge < -0.3 is 14.6 Å². The topological polar surface area (TPSA) is 41.9 Å². The average Bonchev–Trinajstić information content (AvgIpc) is 2.61. The second kappa shape index (κ2) is 7.85. The minimum Gasteiger partial charge on any atom is -0.494 e. The monoisotopic (exact) mass is 333 g/mol. The molecule has 4 nitrogen and oxygen atoms in total. The fraction of sp³-hybridized carbons (Fsp3) is 0.700. The second-order valence-electron chi connectivity index (χ2n) is 7.30. The maximum absolute atomic E-state index is 11.3. The smallest absolute Gasteiger partial charge is 0.123 e. The number of nitrogens with zero attached hydrogens (tertiary/aromatic N) is 1. The van der Waals surface area contributed by atoms with Crippen molar-refractivity contribution in [2.75, 3.05) is 32.9 Å². The van der Waals surface area contributed by atoms with Gasteiger partial charge in [-0.2, -0.15) is 0 Å². The van der Waals surface area contributed by atoms with Crippen molar-refractivity contribution in [2.45, 2.75) is 45.3 Å². The Morgan fingerprint density at radius 3 is 2.75 bits per heavy atom. The summed E-state index contributed by atoms with van der Waals surface area (Å²) >= 11 is 0. The molecule has 2 heterocycles. The maximum Gasteiger partial charge on any atom is 0.123 e. The molecule has 3 rings (SSSR count). The third-order valence-corrected chi connectivity index (χ3v) is 5.81. The molecule has 2 aliphatic rings. The molecule has 0 aliphatic carbocycles. The molecule has 0 radical (unpaired) electrons. The highest BCUT2D eigenvalue weighted by Crippen LogP contribution is 2.39. The molecule has 24 heavy (non-hydrogen) atoms. The van der Waals surface area contributed by atoms with E-state index in [1.165, 1.54) is 5.56 Å². The Hall–Kier alpha value is -1.10. The van der Waals surface area contributed by atoms with Crippen LogP contribution in [0.15, 0.2) is 24.3 Å². The summed E-state index contributed by atoms with van der Waals surface area (Å²) in [6, 6.07) is 8.29. The van der Waals surface area contributed by atoms with E-state index < -0.39 is 5.60 Å². The molecule has 2 fully saturated rings. The zero-order valence-corrected chi connectivity index (χ0v) is 15.0. The third-order valence-electron chi connectivity index (χ3n) is 5.81. The normalized spacial score (nSPS) is 29.5. The van der Waals surface area contributed by atoms with Crippen molar-refractivity contribution in [1.29, 1.82) is 0 Å². The van der Waals surface area contributed by atoms with Crippen LogP contribution in [0.1, 0.15) is 38.7 Å². The highest BCUT2D eigenvalue weighted by molar-refractivity contribution is 5.33. The summed E-state index contributed by atoms with van der Waals surface area (Å²) in [6.07, 6.45) is 2.84. The van der Waals surface area contributed by atoms with Gasteiger partial charge in [0.2, 0.25) is 0 Å². The largest absolute Gasteiger partial charge is 0.494 e. The molecule has 134 valence electrons. The van der Waals surface area contributed by atoms with Gasteiger partial charge in [0, 0.05) is 38.4 Å². The standard InChI is InChI=1S/C20H31NO3/c1-3-24-19-7-5-4-6-17(19)15-21-11-10-20(22,16(2)14-21)18-8-12-23-13-9-18/h4-7,16,18,22H,3,8-15H2,1-2H3/t16-,20+/m1/s1. The first-order valence-corrected chi connectivity index (χ1v) is 9.36. The lowest BCUT2D eigenvalue weighted by molar-refractivity contribution is -0.131. The van der Waals surface area contributed by atoms with Gasteiger partial charge in [-0.3, -0.25) is 4.90 Å². The van der Waals surface area contributed by atoms with Crippen LogP contribution in [-0.4, -0.2) is 48.5 Å². The fourth-order valence-corrected chi connectivity index (χ4v) is 4.34. The first-order chi connectivity index (χ1) is 11.6. The minimum atomic E-state index is -0.528. The molecule has 0 saturated carbocycles. The van der Waals surface area contributed by atoms with Crippen LogP contribution in [0.25, 0.3) is 0 Å². The van der Waals surface area contributed by atoms with E-state index in [1.807, 2.05) is 19.1 Å². The van der Waals surface area contributed by atoms with E-state index >= 15 is 0 Å². The van der Waals surface area contributed by atoms with Crippen LogP contribution >= 0.6 is 0 Å². The number of rotatable bonds is 5. The van der Waals surface area contributed by atoms with Crippen molar-refractivity contribution in [1.82, 2.24) is 4.90 Å². The molecule has 0 unspecified atom stereocenters. The predicted octanol–water partition coefficient (Wildman–Crippen LogP) is 3.08. The van der Waals surface area contributed by atoms with Crippen LogP contribution in [0, 0.1) is 11.8 Å². The number of piperidine rings is 1. The number of hydrogen-bond acceptors (Lipinski definition) is 4. The van der Waals surface area contributed by atoms with Crippen LogP contribution in [0.5, 0.6) is 5.75 Å². The quantitative estimate of drug-likeness (QED) is 0.899. The molecule has 1 aromatic rings. The van der Waals surface area contributed by atoms with Gasteiger partial charge in [-0.05, 0) is 44.1 Å². The first-order valence-electron chi connectivity index (χ1n) is 9.36. The Balaban J connectivity index is 1.63. The van der Waals surface area contributed by atoms with E-state index in [2.05, 4.69) is 24.0 Å². The molecule has 2 aliphatic heterocycles. The van der Waals surface area contributed by atoms with E-state index in [9.17, 15) is 5.11 Å². The van der Waals surface area contributed by atoms with Crippen molar-refractivity contribution >= 4 is 0 Å². The van der Waals surface area contributed by atoms with Gasteiger partial charge in [-0.15, -0.1) is 0 Å². The Morgan fingerprint density at radius 1 is 1.29 bits per heavy atom. The number of benzene rings is 1. The molecule has 0 spiro atoms. The van der Waals surface area contributed by atoms with Gasteiger partial charge in [0.1, 0.15) is 5.75 Å². The molecule has 0 amide bonds. The van der Waals surface area contributed by atoms with Gasteiger partial charge in [-0.25, -0.2) is 0 Å². The number of para-hydroxylation sites is 1. The highest BCUT2D eigenvalue weighted by atomic mass is 16.5. The number of ether oxygens (including phenoxy) is 2. The molecule has 1 aromatic carbocycles. The van der Waals surface area contributed by atoms with Crippen molar-refractivity contribution in [2.24, 2.45) is 11.8 Å². The van der Waals surface area contributed by atoms with E-state index in [0.29, 0.717) is 12.5 Å². The van der Waals surface area contributed by atoms with E-state index in [4.69, 9.17) is 9.47 Å². The molecular weight excluding hydrogens is 302 g/mol. The summed E-state index contributed by atoms with van der Waals surface area (Å²) in [5, 5.41) is 11.3. The summed E-state index contributed by atoms with van der Waals surface area (Å²) in [6.45, 7) is 9.29. The van der Waals surface area contributed by atoms with Crippen LogP contribution in [0.2, 0.25) is 0 Å². The zero-order chi connectivity index (χ0) is 17.0. The van der Waals surface area contributed by atoms with Crippen molar-refractivity contribution in [3.8, 4) is 5.75 Å². The molecule has 1 N–H and O–H groups in total. The van der Waals surface area contributed by atoms with Gasteiger partial charge in [-0.1, -0.05) is 25.1 Å². The van der Waals surface area contributed by atoms with Crippen LogP contribution in [0.3, 0.4) is 0 Å². The molecule has 2 atom stereocenters. The summed E-state index contributed by atoms with van der Waals surface area (Å²) in [4.78, 5) is 2.45. The second-order valence-corrected chi connectivity index (χ2v) is 7.30. The van der Waals surface area contributed by atoms with Crippen molar-refractivity contribution in [3.05, 3.63) is 29.8 Å².